The fourth-order valence-electron chi connectivity index (χ4n) is 5.23. The molecule has 2 nitrogen and oxygen atoms in total. The minimum Gasteiger partial charge on any atom is -0.0612 e. The Bertz CT molecular complexity index is 1190. The highest BCUT2D eigenvalue weighted by Gasteiger charge is 2.42. The molecule has 0 bridgehead atoms. The highest BCUT2D eigenvalue weighted by molar-refractivity contribution is 5.88. The zero-order chi connectivity index (χ0) is 25.6. The molecule has 3 aromatic rings. The van der Waals surface area contributed by atoms with Crippen molar-refractivity contribution in [3.05, 3.63) is 81.9 Å². The SMILES string of the molecule is Cc1cc2c(cc1C)[N+](c1c(C(C)C)cccc1C(C)C)=C=[N+]2c1c(C(C)C)cccc1C(C)C. The highest BCUT2D eigenvalue weighted by Crippen LogP contribution is 2.45. The maximum atomic E-state index is 3.89. The van der Waals surface area contributed by atoms with Gasteiger partial charge in [-0.25, -0.2) is 0 Å². The van der Waals surface area contributed by atoms with Gasteiger partial charge in [0.05, 0.1) is 0 Å². The topological polar surface area (TPSA) is 6.02 Å². The Morgan fingerprint density at radius 1 is 0.514 bits per heavy atom. The molecule has 4 rings (SSSR count). The van der Waals surface area contributed by atoms with Crippen LogP contribution in [0.1, 0.15) is 112 Å². The van der Waals surface area contributed by atoms with Crippen LogP contribution in [0.25, 0.3) is 0 Å². The fourth-order valence-corrected chi connectivity index (χ4v) is 5.23. The number of fused-ring (bicyclic) bond motifs is 1. The van der Waals surface area contributed by atoms with Crippen LogP contribution >= 0.6 is 0 Å². The lowest BCUT2D eigenvalue weighted by atomic mass is 9.91. The summed E-state index contributed by atoms with van der Waals surface area (Å²) in [4.78, 5) is 0. The van der Waals surface area contributed by atoms with Gasteiger partial charge in [-0.05, 0) is 57.8 Å². The largest absolute Gasteiger partial charge is 0.503 e. The summed E-state index contributed by atoms with van der Waals surface area (Å²) in [5.74, 6) is 1.68. The van der Waals surface area contributed by atoms with Crippen molar-refractivity contribution in [2.75, 3.05) is 0 Å². The molecule has 0 saturated carbocycles. The molecular formula is C33H42N2+2. The third-order valence-corrected chi connectivity index (χ3v) is 7.40. The van der Waals surface area contributed by atoms with Crippen LogP contribution in [0, 0.1) is 13.8 Å². The lowest BCUT2D eigenvalue weighted by Gasteiger charge is -2.14. The van der Waals surface area contributed by atoms with Crippen LogP contribution in [-0.4, -0.2) is 6.01 Å². The first-order chi connectivity index (χ1) is 16.5. The summed E-state index contributed by atoms with van der Waals surface area (Å²) in [5.41, 5.74) is 13.1. The maximum absolute atomic E-state index is 3.89. The Balaban J connectivity index is 2.19. The van der Waals surface area contributed by atoms with E-state index in [1.807, 2.05) is 0 Å². The van der Waals surface area contributed by atoms with Gasteiger partial charge in [-0.2, -0.15) is 0 Å². The molecule has 0 aromatic heterocycles. The molecule has 0 spiro atoms. The van der Waals surface area contributed by atoms with Gasteiger partial charge in [-0.1, -0.05) is 91.8 Å². The molecule has 1 aliphatic rings. The summed E-state index contributed by atoms with van der Waals surface area (Å²) in [5, 5.41) is 0. The van der Waals surface area contributed by atoms with E-state index in [0.29, 0.717) is 23.7 Å². The summed E-state index contributed by atoms with van der Waals surface area (Å²) in [6.45, 7) is 22.8. The van der Waals surface area contributed by atoms with Crippen LogP contribution in [0.15, 0.2) is 48.5 Å². The molecule has 1 aliphatic heterocycles. The van der Waals surface area contributed by atoms with E-state index >= 15 is 0 Å². The Hall–Kier alpha value is -2.96. The standard InChI is InChI=1S/C33H42N2/c1-20(2)26-13-11-14-27(21(3)4)32(26)34-19-35(31-18-25(10)24(9)17-30(31)34)33-28(22(5)6)15-12-16-29(33)23(7)8/h11-18,20-23H,1-10H3/q+2. The summed E-state index contributed by atoms with van der Waals surface area (Å²) >= 11 is 0. The zero-order valence-corrected chi connectivity index (χ0v) is 23.3. The Labute approximate surface area is 212 Å². The van der Waals surface area contributed by atoms with E-state index in [1.165, 1.54) is 56.1 Å². The molecule has 3 aromatic carbocycles. The Morgan fingerprint density at radius 3 is 1.06 bits per heavy atom. The first kappa shape index (κ1) is 25.1. The Morgan fingerprint density at radius 2 is 0.800 bits per heavy atom. The lowest BCUT2D eigenvalue weighted by Crippen LogP contribution is -2.10. The monoisotopic (exact) mass is 466 g/mol. The van der Waals surface area contributed by atoms with Crippen LogP contribution in [0.3, 0.4) is 0 Å². The van der Waals surface area contributed by atoms with Crippen molar-refractivity contribution in [2.45, 2.75) is 92.9 Å². The van der Waals surface area contributed by atoms with Crippen LogP contribution in [-0.2, 0) is 0 Å². The van der Waals surface area contributed by atoms with Gasteiger partial charge in [-0.15, -0.1) is 0 Å². The summed E-state index contributed by atoms with van der Waals surface area (Å²) in [6, 6.07) is 22.2. The minimum atomic E-state index is 0.420. The maximum Gasteiger partial charge on any atom is 0.503 e. The predicted molar refractivity (Wildman–Crippen MR) is 153 cm³/mol. The quantitative estimate of drug-likeness (QED) is 0.249. The van der Waals surface area contributed by atoms with Crippen LogP contribution in [0.5, 0.6) is 0 Å². The van der Waals surface area contributed by atoms with E-state index in [4.69, 9.17) is 0 Å². The summed E-state index contributed by atoms with van der Waals surface area (Å²) < 4.78 is 4.71. The van der Waals surface area contributed by atoms with Gasteiger partial charge >= 0.3 is 6.01 Å². The van der Waals surface area contributed by atoms with Gasteiger partial charge in [-0.3, -0.25) is 0 Å². The molecule has 0 radical (unpaired) electrons. The molecule has 0 aliphatic carbocycles. The van der Waals surface area contributed by atoms with Crippen molar-refractivity contribution in [2.24, 2.45) is 0 Å². The number of aryl methyl sites for hydroxylation is 2. The van der Waals surface area contributed by atoms with E-state index < -0.39 is 0 Å². The molecule has 182 valence electrons. The van der Waals surface area contributed by atoms with E-state index in [0.717, 1.165) is 0 Å². The fraction of sp³-hybridized carbons (Fsp3) is 0.424. The summed E-state index contributed by atoms with van der Waals surface area (Å²) in [7, 11) is 0. The second-order valence-electron chi connectivity index (χ2n) is 11.4. The van der Waals surface area contributed by atoms with Crippen LogP contribution in [0.4, 0.5) is 22.7 Å². The minimum absolute atomic E-state index is 0.420. The molecule has 35 heavy (non-hydrogen) atoms. The van der Waals surface area contributed by atoms with Crippen molar-refractivity contribution >= 4 is 28.8 Å². The third-order valence-electron chi connectivity index (χ3n) is 7.40. The molecule has 0 unspecified atom stereocenters. The Kier molecular flexibility index (Phi) is 6.89. The van der Waals surface area contributed by atoms with Crippen LogP contribution < -0.4 is 9.15 Å². The second-order valence-corrected chi connectivity index (χ2v) is 11.4. The van der Waals surface area contributed by atoms with Crippen molar-refractivity contribution in [1.29, 1.82) is 0 Å². The molecule has 0 N–H and O–H groups in total. The van der Waals surface area contributed by atoms with Gasteiger partial charge in [0, 0.05) is 34.4 Å². The number of nitrogens with zero attached hydrogens (tertiary/aromatic N) is 2. The van der Waals surface area contributed by atoms with Gasteiger partial charge < -0.3 is 0 Å². The zero-order valence-electron chi connectivity index (χ0n) is 23.3. The number of benzene rings is 3. The third kappa shape index (κ3) is 4.41. The number of para-hydroxylation sites is 2. The normalized spacial score (nSPS) is 13.2. The average Bonchev–Trinajstić information content (AvgIpc) is 3.15. The molecule has 2 heteroatoms. The molecule has 0 saturated heterocycles. The molecule has 1 heterocycles. The first-order valence-corrected chi connectivity index (χ1v) is 13.3. The van der Waals surface area contributed by atoms with E-state index in [2.05, 4.69) is 133 Å². The molecule has 0 atom stereocenters. The molecular weight excluding hydrogens is 424 g/mol. The predicted octanol–water partition coefficient (Wildman–Crippen LogP) is 9.65. The first-order valence-electron chi connectivity index (χ1n) is 13.3. The van der Waals surface area contributed by atoms with Crippen molar-refractivity contribution in [3.63, 3.8) is 0 Å². The number of hydrogen-bond donors (Lipinski definition) is 0. The van der Waals surface area contributed by atoms with Gasteiger partial charge in [0.2, 0.25) is 11.4 Å². The van der Waals surface area contributed by atoms with Gasteiger partial charge in [0.25, 0.3) is 11.4 Å². The second kappa shape index (κ2) is 9.59. The van der Waals surface area contributed by atoms with Gasteiger partial charge in [0.15, 0.2) is 0 Å². The van der Waals surface area contributed by atoms with Crippen molar-refractivity contribution < 1.29 is 0 Å². The number of hydrogen-bond acceptors (Lipinski definition) is 0. The highest BCUT2D eigenvalue weighted by atomic mass is 15.2. The van der Waals surface area contributed by atoms with Crippen molar-refractivity contribution in [3.8, 4) is 0 Å². The van der Waals surface area contributed by atoms with E-state index in [-0.39, 0.29) is 0 Å². The van der Waals surface area contributed by atoms with Gasteiger partial charge in [0.1, 0.15) is 0 Å². The lowest BCUT2D eigenvalue weighted by molar-refractivity contribution is 0.815. The van der Waals surface area contributed by atoms with E-state index in [1.54, 1.807) is 0 Å². The summed E-state index contributed by atoms with van der Waals surface area (Å²) in [6.07, 6.45) is 0. The average molecular weight is 467 g/mol. The van der Waals surface area contributed by atoms with Crippen molar-refractivity contribution in [1.82, 2.24) is 9.15 Å². The smallest absolute Gasteiger partial charge is 0.0612 e. The number of rotatable bonds is 6. The molecule has 0 fully saturated rings. The molecule has 0 amide bonds. The van der Waals surface area contributed by atoms with Crippen LogP contribution in [0.2, 0.25) is 0 Å². The van der Waals surface area contributed by atoms with E-state index in [9.17, 15) is 0 Å².